The molecule has 1 fully saturated rings. The first-order valence-corrected chi connectivity index (χ1v) is 8.58. The van der Waals surface area contributed by atoms with Crippen molar-refractivity contribution in [3.8, 4) is 6.07 Å². The molecule has 128 valence electrons. The molecule has 0 bridgehead atoms. The molecule has 2 aromatic carbocycles. The smallest absolute Gasteiger partial charge is 0.224 e. The number of carbonyl (C=O) groups excluding carboxylic acids is 1. The van der Waals surface area contributed by atoms with Gasteiger partial charge in [0.2, 0.25) is 5.91 Å². The van der Waals surface area contributed by atoms with Gasteiger partial charge in [-0.1, -0.05) is 30.3 Å². The Morgan fingerprint density at radius 3 is 2.40 bits per heavy atom. The summed E-state index contributed by atoms with van der Waals surface area (Å²) in [6, 6.07) is 19.8. The van der Waals surface area contributed by atoms with Gasteiger partial charge in [-0.3, -0.25) is 4.79 Å². The molecule has 5 nitrogen and oxygen atoms in total. The van der Waals surface area contributed by atoms with E-state index in [-0.39, 0.29) is 5.91 Å². The van der Waals surface area contributed by atoms with Crippen LogP contribution in [0.4, 0.5) is 11.4 Å². The number of benzene rings is 2. The number of anilines is 2. The van der Waals surface area contributed by atoms with Crippen LogP contribution in [0.1, 0.15) is 12.0 Å². The fourth-order valence-corrected chi connectivity index (χ4v) is 3.05. The standard InChI is InChI=1S/C20H22N4O/c21-16-17-6-4-5-9-19(17)22-11-10-20(25)24-14-12-23(13-15-24)18-7-2-1-3-8-18/h1-9,22H,10-15H2. The van der Waals surface area contributed by atoms with Crippen LogP contribution in [0, 0.1) is 11.3 Å². The van der Waals surface area contributed by atoms with Crippen molar-refractivity contribution in [2.45, 2.75) is 6.42 Å². The lowest BCUT2D eigenvalue weighted by molar-refractivity contribution is -0.131. The van der Waals surface area contributed by atoms with Crippen LogP contribution < -0.4 is 10.2 Å². The van der Waals surface area contributed by atoms with Crippen LogP contribution in [0.5, 0.6) is 0 Å². The molecular weight excluding hydrogens is 312 g/mol. The van der Waals surface area contributed by atoms with Crippen LogP contribution in [0.25, 0.3) is 0 Å². The van der Waals surface area contributed by atoms with Crippen molar-refractivity contribution in [1.82, 2.24) is 4.90 Å². The average Bonchev–Trinajstić information content (AvgIpc) is 2.69. The maximum atomic E-state index is 12.4. The predicted molar refractivity (Wildman–Crippen MR) is 99.5 cm³/mol. The SMILES string of the molecule is N#Cc1ccccc1NCCC(=O)N1CCN(c2ccccc2)CC1. The van der Waals surface area contributed by atoms with Crippen molar-refractivity contribution in [3.05, 3.63) is 60.2 Å². The maximum Gasteiger partial charge on any atom is 0.224 e. The number of para-hydroxylation sites is 2. The van der Waals surface area contributed by atoms with Gasteiger partial charge in [0.25, 0.3) is 0 Å². The second-order valence-electron chi connectivity index (χ2n) is 6.04. The number of nitrogens with zero attached hydrogens (tertiary/aromatic N) is 3. The summed E-state index contributed by atoms with van der Waals surface area (Å²) in [6.07, 6.45) is 0.436. The van der Waals surface area contributed by atoms with E-state index in [0.29, 0.717) is 18.5 Å². The molecule has 0 saturated carbocycles. The number of hydrogen-bond donors (Lipinski definition) is 1. The summed E-state index contributed by atoms with van der Waals surface area (Å²) in [5, 5.41) is 12.3. The molecule has 1 heterocycles. The first kappa shape index (κ1) is 16.8. The summed E-state index contributed by atoms with van der Waals surface area (Å²) in [7, 11) is 0. The second kappa shape index (κ2) is 8.20. The zero-order chi connectivity index (χ0) is 17.5. The third-order valence-corrected chi connectivity index (χ3v) is 4.46. The quantitative estimate of drug-likeness (QED) is 0.913. The number of rotatable bonds is 5. The minimum atomic E-state index is 0.162. The predicted octanol–water partition coefficient (Wildman–Crippen LogP) is 2.71. The Morgan fingerprint density at radius 1 is 1.00 bits per heavy atom. The molecule has 0 spiro atoms. The third kappa shape index (κ3) is 4.30. The third-order valence-electron chi connectivity index (χ3n) is 4.46. The zero-order valence-electron chi connectivity index (χ0n) is 14.2. The molecule has 0 atom stereocenters. The van der Waals surface area contributed by atoms with Gasteiger partial charge in [-0.25, -0.2) is 0 Å². The highest BCUT2D eigenvalue weighted by Gasteiger charge is 2.20. The fourth-order valence-electron chi connectivity index (χ4n) is 3.05. The molecular formula is C20H22N4O. The molecule has 1 N–H and O–H groups in total. The molecule has 1 aliphatic rings. The van der Waals surface area contributed by atoms with Crippen LogP contribution in [0.2, 0.25) is 0 Å². The van der Waals surface area contributed by atoms with Gasteiger partial charge in [-0.2, -0.15) is 5.26 Å². The molecule has 0 unspecified atom stereocenters. The van der Waals surface area contributed by atoms with Crippen molar-refractivity contribution in [3.63, 3.8) is 0 Å². The lowest BCUT2D eigenvalue weighted by Gasteiger charge is -2.36. The van der Waals surface area contributed by atoms with E-state index in [4.69, 9.17) is 5.26 Å². The molecule has 2 aromatic rings. The van der Waals surface area contributed by atoms with Crippen LogP contribution in [0.15, 0.2) is 54.6 Å². The molecule has 1 aliphatic heterocycles. The van der Waals surface area contributed by atoms with Gasteiger partial charge in [0.05, 0.1) is 11.3 Å². The molecule has 0 aliphatic carbocycles. The van der Waals surface area contributed by atoms with Gasteiger partial charge >= 0.3 is 0 Å². The van der Waals surface area contributed by atoms with E-state index in [1.54, 1.807) is 6.07 Å². The lowest BCUT2D eigenvalue weighted by atomic mass is 10.2. The van der Waals surface area contributed by atoms with E-state index in [1.165, 1.54) is 5.69 Å². The van der Waals surface area contributed by atoms with Gasteiger partial charge < -0.3 is 15.1 Å². The Morgan fingerprint density at radius 2 is 1.68 bits per heavy atom. The fraction of sp³-hybridized carbons (Fsp3) is 0.300. The largest absolute Gasteiger partial charge is 0.383 e. The first-order chi connectivity index (χ1) is 12.3. The minimum Gasteiger partial charge on any atom is -0.383 e. The Bertz CT molecular complexity index is 746. The summed E-state index contributed by atoms with van der Waals surface area (Å²) in [5.74, 6) is 0.162. The Labute approximate surface area is 148 Å². The van der Waals surface area contributed by atoms with Gasteiger partial charge in [0.15, 0.2) is 0 Å². The molecule has 25 heavy (non-hydrogen) atoms. The molecule has 1 saturated heterocycles. The maximum absolute atomic E-state index is 12.4. The summed E-state index contributed by atoms with van der Waals surface area (Å²) < 4.78 is 0. The average molecular weight is 334 g/mol. The molecule has 5 heteroatoms. The number of nitriles is 1. The molecule has 3 rings (SSSR count). The second-order valence-corrected chi connectivity index (χ2v) is 6.04. The van der Waals surface area contributed by atoms with E-state index >= 15 is 0 Å². The van der Waals surface area contributed by atoms with E-state index in [1.807, 2.05) is 41.3 Å². The first-order valence-electron chi connectivity index (χ1n) is 8.58. The molecule has 1 amide bonds. The van der Waals surface area contributed by atoms with E-state index in [9.17, 15) is 4.79 Å². The van der Waals surface area contributed by atoms with E-state index in [2.05, 4.69) is 28.4 Å². The van der Waals surface area contributed by atoms with Crippen molar-refractivity contribution >= 4 is 17.3 Å². The molecule has 0 aromatic heterocycles. The van der Waals surface area contributed by atoms with E-state index in [0.717, 1.165) is 31.9 Å². The summed E-state index contributed by atoms with van der Waals surface area (Å²) in [5.41, 5.74) is 2.60. The highest BCUT2D eigenvalue weighted by atomic mass is 16.2. The number of nitrogens with one attached hydrogen (secondary N) is 1. The van der Waals surface area contributed by atoms with Crippen LogP contribution in [0.3, 0.4) is 0 Å². The van der Waals surface area contributed by atoms with Crippen molar-refractivity contribution in [2.75, 3.05) is 42.9 Å². The normalized spacial score (nSPS) is 14.0. The van der Waals surface area contributed by atoms with E-state index < -0.39 is 0 Å². The Hall–Kier alpha value is -3.00. The monoisotopic (exact) mass is 334 g/mol. The number of carbonyl (C=O) groups is 1. The highest BCUT2D eigenvalue weighted by Crippen LogP contribution is 2.16. The van der Waals surface area contributed by atoms with Crippen LogP contribution >= 0.6 is 0 Å². The zero-order valence-corrected chi connectivity index (χ0v) is 14.2. The lowest BCUT2D eigenvalue weighted by Crippen LogP contribution is -2.49. The van der Waals surface area contributed by atoms with Gasteiger partial charge in [-0.15, -0.1) is 0 Å². The Balaban J connectivity index is 1.45. The van der Waals surface area contributed by atoms with Gasteiger partial charge in [0, 0.05) is 44.8 Å². The van der Waals surface area contributed by atoms with Crippen molar-refractivity contribution in [2.24, 2.45) is 0 Å². The number of piperazine rings is 1. The van der Waals surface area contributed by atoms with Gasteiger partial charge in [0.1, 0.15) is 6.07 Å². The highest BCUT2D eigenvalue weighted by molar-refractivity contribution is 5.77. The summed E-state index contributed by atoms with van der Waals surface area (Å²) >= 11 is 0. The van der Waals surface area contributed by atoms with Gasteiger partial charge in [-0.05, 0) is 24.3 Å². The minimum absolute atomic E-state index is 0.162. The Kier molecular flexibility index (Phi) is 5.53. The summed E-state index contributed by atoms with van der Waals surface area (Å²) in [6.45, 7) is 3.77. The molecule has 0 radical (unpaired) electrons. The summed E-state index contributed by atoms with van der Waals surface area (Å²) in [4.78, 5) is 16.6. The number of hydrogen-bond acceptors (Lipinski definition) is 4. The number of amides is 1. The van der Waals surface area contributed by atoms with Crippen molar-refractivity contribution < 1.29 is 4.79 Å². The van der Waals surface area contributed by atoms with Crippen LogP contribution in [-0.4, -0.2) is 43.5 Å². The topological polar surface area (TPSA) is 59.4 Å². The van der Waals surface area contributed by atoms with Crippen molar-refractivity contribution in [1.29, 1.82) is 5.26 Å². The van der Waals surface area contributed by atoms with Crippen LogP contribution in [-0.2, 0) is 4.79 Å².